The van der Waals surface area contributed by atoms with Gasteiger partial charge >= 0.3 is 5.97 Å². The maximum absolute atomic E-state index is 11.5. The molecule has 1 saturated heterocycles. The molecule has 1 aliphatic heterocycles. The second kappa shape index (κ2) is 10.6. The number of carboxylic acid groups (broad SMARTS) is 1. The highest BCUT2D eigenvalue weighted by Crippen LogP contribution is 2.61. The molecule has 0 amide bonds. The predicted octanol–water partition coefficient (Wildman–Crippen LogP) is 4.54. The van der Waals surface area contributed by atoms with E-state index in [1.54, 1.807) is 30.2 Å². The summed E-state index contributed by atoms with van der Waals surface area (Å²) in [4.78, 5) is 17.4. The number of aliphatic hydroxyl groups is 3. The van der Waals surface area contributed by atoms with E-state index < -0.39 is 30.3 Å². The molecule has 2 unspecified atom stereocenters. The summed E-state index contributed by atoms with van der Waals surface area (Å²) in [5, 5.41) is 46.6. The van der Waals surface area contributed by atoms with E-state index in [1.165, 1.54) is 6.42 Å². The topological polar surface area (TPSA) is 122 Å². The number of carbonyl (C=O) groups is 1. The zero-order valence-corrected chi connectivity index (χ0v) is 23.0. The van der Waals surface area contributed by atoms with Crippen LogP contribution >= 0.6 is 0 Å². The van der Waals surface area contributed by atoms with Crippen LogP contribution < -0.4 is 5.32 Å². The van der Waals surface area contributed by atoms with E-state index in [-0.39, 0.29) is 23.9 Å². The lowest BCUT2D eigenvalue weighted by molar-refractivity contribution is -0.159. The maximum Gasteiger partial charge on any atom is 0.335 e. The molecule has 210 valence electrons. The highest BCUT2D eigenvalue weighted by Gasteiger charge is 2.57. The number of rotatable bonds is 8. The van der Waals surface area contributed by atoms with Gasteiger partial charge in [0.25, 0.3) is 0 Å². The van der Waals surface area contributed by atoms with Crippen molar-refractivity contribution >= 4 is 5.97 Å². The molecule has 8 nitrogen and oxygen atoms in total. The van der Waals surface area contributed by atoms with E-state index >= 15 is 0 Å². The molecule has 0 spiro atoms. The van der Waals surface area contributed by atoms with Crippen LogP contribution in [-0.2, 0) is 11.4 Å². The first-order valence-electron chi connectivity index (χ1n) is 13.8. The first-order chi connectivity index (χ1) is 18.5. The van der Waals surface area contributed by atoms with Gasteiger partial charge in [-0.2, -0.15) is 0 Å². The Hall–Kier alpha value is -2.91. The summed E-state index contributed by atoms with van der Waals surface area (Å²) in [5.74, 6) is 0.247. The smallest absolute Gasteiger partial charge is 0.335 e. The molecule has 5 N–H and O–H groups in total. The van der Waals surface area contributed by atoms with Crippen molar-refractivity contribution < 1.29 is 30.1 Å². The fourth-order valence-corrected chi connectivity index (χ4v) is 7.28. The van der Waals surface area contributed by atoms with Crippen molar-refractivity contribution in [1.82, 2.24) is 10.4 Å². The molecule has 8 atom stereocenters. The summed E-state index contributed by atoms with van der Waals surface area (Å²) in [6.45, 7) is 8.86. The quantitative estimate of drug-likeness (QED) is 0.246. The Morgan fingerprint density at radius 1 is 1.15 bits per heavy atom. The monoisotopic (exact) mass is 536 g/mol. The van der Waals surface area contributed by atoms with Gasteiger partial charge in [-0.05, 0) is 77.8 Å². The SMILES string of the molecule is C[C@@H]1[C@@H](NC(O)C2[C@H]([C@H](C)O)/C(=C/O)ON2Cc2cccc(-c3cccc(C(=O)O)c3)c2)C[C@H]2C[C@@H]1C2(C)C. The standard InChI is InChI=1S/C31H40N2O6/c1-17-24-13-23(31(24,3)4)14-25(17)32-29(36)28-27(18(2)35)26(16-34)39-33(28)15-19-7-5-8-20(11-19)21-9-6-10-22(12-21)30(37)38/h5-12,16-18,23-25,27-29,32,34-36H,13-15H2,1-4H3,(H,37,38)/b26-16-/t17-,18-,23+,24-,25-,27+,28?,29?/m0/s1. The van der Waals surface area contributed by atoms with E-state index in [9.17, 15) is 25.2 Å². The Kier molecular flexibility index (Phi) is 7.50. The molecule has 2 bridgehead atoms. The highest BCUT2D eigenvalue weighted by molar-refractivity contribution is 5.89. The van der Waals surface area contributed by atoms with Crippen molar-refractivity contribution in [2.45, 2.75) is 71.5 Å². The largest absolute Gasteiger partial charge is 0.512 e. The van der Waals surface area contributed by atoms with Gasteiger partial charge in [-0.1, -0.05) is 51.1 Å². The summed E-state index contributed by atoms with van der Waals surface area (Å²) in [6.07, 6.45) is 1.24. The summed E-state index contributed by atoms with van der Waals surface area (Å²) < 4.78 is 0. The molecule has 2 aromatic carbocycles. The molecule has 3 aliphatic carbocycles. The van der Waals surface area contributed by atoms with Crippen molar-refractivity contribution in [2.75, 3.05) is 0 Å². The summed E-state index contributed by atoms with van der Waals surface area (Å²) in [7, 11) is 0. The van der Waals surface area contributed by atoms with Crippen LogP contribution in [0.4, 0.5) is 0 Å². The van der Waals surface area contributed by atoms with Crippen molar-refractivity contribution in [3.8, 4) is 11.1 Å². The predicted molar refractivity (Wildman–Crippen MR) is 147 cm³/mol. The molecule has 0 radical (unpaired) electrons. The third kappa shape index (κ3) is 5.07. The fourth-order valence-electron chi connectivity index (χ4n) is 7.28. The third-order valence-corrected chi connectivity index (χ3v) is 9.67. The molecular weight excluding hydrogens is 496 g/mol. The number of aliphatic hydroxyl groups excluding tert-OH is 3. The molecule has 4 aliphatic rings. The van der Waals surface area contributed by atoms with E-state index in [0.29, 0.717) is 23.2 Å². The van der Waals surface area contributed by atoms with Gasteiger partial charge in [-0.25, -0.2) is 4.79 Å². The van der Waals surface area contributed by atoms with Gasteiger partial charge in [0.1, 0.15) is 12.5 Å². The molecule has 1 heterocycles. The van der Waals surface area contributed by atoms with Crippen molar-refractivity contribution in [2.24, 2.45) is 29.1 Å². The summed E-state index contributed by atoms with van der Waals surface area (Å²) in [5.41, 5.74) is 3.05. The molecule has 4 fully saturated rings. The van der Waals surface area contributed by atoms with Crippen molar-refractivity contribution in [3.63, 3.8) is 0 Å². The Morgan fingerprint density at radius 3 is 2.46 bits per heavy atom. The number of nitrogens with zero attached hydrogens (tertiary/aromatic N) is 1. The number of fused-ring (bicyclic) bond motifs is 2. The number of carboxylic acids is 1. The lowest BCUT2D eigenvalue weighted by Crippen LogP contribution is -2.63. The average molecular weight is 537 g/mol. The van der Waals surface area contributed by atoms with Crippen LogP contribution in [0.2, 0.25) is 0 Å². The maximum atomic E-state index is 11.5. The minimum absolute atomic E-state index is 0.153. The van der Waals surface area contributed by atoms with Crippen LogP contribution in [0.3, 0.4) is 0 Å². The van der Waals surface area contributed by atoms with Gasteiger partial charge in [0.15, 0.2) is 5.76 Å². The molecule has 6 rings (SSSR count). The van der Waals surface area contributed by atoms with Crippen LogP contribution in [0.25, 0.3) is 11.1 Å². The highest BCUT2D eigenvalue weighted by atomic mass is 16.7. The summed E-state index contributed by atoms with van der Waals surface area (Å²) >= 11 is 0. The van der Waals surface area contributed by atoms with Gasteiger partial charge < -0.3 is 25.3 Å². The fraction of sp³-hybridized carbons (Fsp3) is 0.516. The van der Waals surface area contributed by atoms with Crippen LogP contribution in [0.5, 0.6) is 0 Å². The zero-order valence-electron chi connectivity index (χ0n) is 23.0. The van der Waals surface area contributed by atoms with E-state index in [2.05, 4.69) is 26.1 Å². The lowest BCUT2D eigenvalue weighted by Gasteiger charge is -2.62. The normalized spacial score (nSPS) is 32.3. The van der Waals surface area contributed by atoms with Crippen LogP contribution in [0.1, 0.15) is 56.5 Å². The van der Waals surface area contributed by atoms with E-state index in [1.807, 2.05) is 30.3 Å². The third-order valence-electron chi connectivity index (χ3n) is 9.67. The van der Waals surface area contributed by atoms with E-state index in [0.717, 1.165) is 29.4 Å². The zero-order chi connectivity index (χ0) is 28.1. The number of hydroxylamine groups is 2. The summed E-state index contributed by atoms with van der Waals surface area (Å²) in [6, 6.07) is 14.0. The minimum atomic E-state index is -0.995. The molecule has 39 heavy (non-hydrogen) atoms. The molecule has 3 saturated carbocycles. The Balaban J connectivity index is 1.38. The van der Waals surface area contributed by atoms with Crippen LogP contribution in [0, 0.1) is 29.1 Å². The van der Waals surface area contributed by atoms with Gasteiger partial charge in [-0.3, -0.25) is 5.32 Å². The Labute approximate surface area is 229 Å². The van der Waals surface area contributed by atoms with Crippen LogP contribution in [0.15, 0.2) is 60.6 Å². The number of benzene rings is 2. The lowest BCUT2D eigenvalue weighted by atomic mass is 9.44. The average Bonchev–Trinajstić information content (AvgIpc) is 3.28. The van der Waals surface area contributed by atoms with E-state index in [4.69, 9.17) is 4.84 Å². The van der Waals surface area contributed by atoms with Gasteiger partial charge in [-0.15, -0.1) is 5.06 Å². The van der Waals surface area contributed by atoms with Gasteiger partial charge in [0.05, 0.1) is 30.2 Å². The van der Waals surface area contributed by atoms with Gasteiger partial charge in [0, 0.05) is 6.04 Å². The number of aromatic carboxylic acids is 1. The molecule has 0 aromatic heterocycles. The molecule has 2 aromatic rings. The van der Waals surface area contributed by atoms with Crippen LogP contribution in [-0.4, -0.2) is 55.9 Å². The Morgan fingerprint density at radius 2 is 1.85 bits per heavy atom. The number of nitrogens with one attached hydrogen (secondary N) is 1. The minimum Gasteiger partial charge on any atom is -0.512 e. The van der Waals surface area contributed by atoms with Crippen molar-refractivity contribution in [3.05, 3.63) is 71.7 Å². The first kappa shape index (κ1) is 27.6. The van der Waals surface area contributed by atoms with Gasteiger partial charge in [0.2, 0.25) is 0 Å². The molecular formula is C31H40N2O6. The second-order valence-electron chi connectivity index (χ2n) is 12.2. The number of hydrogen-bond acceptors (Lipinski definition) is 7. The Bertz CT molecular complexity index is 1240. The second-order valence-corrected chi connectivity index (χ2v) is 12.2. The number of hydrogen-bond donors (Lipinski definition) is 5. The first-order valence-corrected chi connectivity index (χ1v) is 13.8. The molecule has 8 heteroatoms. The van der Waals surface area contributed by atoms with Crippen molar-refractivity contribution in [1.29, 1.82) is 0 Å².